The first kappa shape index (κ1) is 15.3. The van der Waals surface area contributed by atoms with E-state index in [9.17, 15) is 4.79 Å². The van der Waals surface area contributed by atoms with Gasteiger partial charge in [-0.3, -0.25) is 4.79 Å². The van der Waals surface area contributed by atoms with Crippen LogP contribution in [0.3, 0.4) is 0 Å². The zero-order valence-corrected chi connectivity index (χ0v) is 13.3. The molecule has 1 amide bonds. The molecule has 0 aliphatic heterocycles. The van der Waals surface area contributed by atoms with Gasteiger partial charge >= 0.3 is 0 Å². The molecule has 1 atom stereocenters. The summed E-state index contributed by atoms with van der Waals surface area (Å²) >= 11 is 1.43. The third-order valence-electron chi connectivity index (χ3n) is 3.56. The van der Waals surface area contributed by atoms with Gasteiger partial charge in [-0.2, -0.15) is 0 Å². The van der Waals surface area contributed by atoms with Crippen LogP contribution in [-0.4, -0.2) is 27.2 Å². The SMILES string of the molecule is Cc1cc(C)nc(SC(C)C(=O)NC2CCCCC2)n1. The Hall–Kier alpha value is -1.10. The minimum Gasteiger partial charge on any atom is -0.352 e. The van der Waals surface area contributed by atoms with E-state index in [1.807, 2.05) is 26.8 Å². The van der Waals surface area contributed by atoms with Crippen molar-refractivity contribution in [3.63, 3.8) is 0 Å². The van der Waals surface area contributed by atoms with E-state index in [1.54, 1.807) is 0 Å². The van der Waals surface area contributed by atoms with Gasteiger partial charge in [0, 0.05) is 17.4 Å². The van der Waals surface area contributed by atoms with Crippen molar-refractivity contribution >= 4 is 17.7 Å². The number of aryl methyl sites for hydroxylation is 2. The van der Waals surface area contributed by atoms with Gasteiger partial charge in [0.05, 0.1) is 5.25 Å². The Kier molecular flexibility index (Phi) is 5.40. The summed E-state index contributed by atoms with van der Waals surface area (Å²) in [5.41, 5.74) is 1.89. The van der Waals surface area contributed by atoms with E-state index in [4.69, 9.17) is 0 Å². The number of carbonyl (C=O) groups excluding carboxylic acids is 1. The smallest absolute Gasteiger partial charge is 0.233 e. The van der Waals surface area contributed by atoms with Crippen LogP contribution < -0.4 is 5.32 Å². The maximum atomic E-state index is 12.2. The number of hydrogen-bond donors (Lipinski definition) is 1. The second-order valence-corrected chi connectivity index (χ2v) is 6.84. The summed E-state index contributed by atoms with van der Waals surface area (Å²) in [5.74, 6) is 0.102. The largest absolute Gasteiger partial charge is 0.352 e. The van der Waals surface area contributed by atoms with Crippen molar-refractivity contribution in [2.45, 2.75) is 69.3 Å². The second kappa shape index (κ2) is 7.07. The average Bonchev–Trinajstić information content (AvgIpc) is 2.38. The van der Waals surface area contributed by atoms with E-state index >= 15 is 0 Å². The molecule has 1 unspecified atom stereocenters. The van der Waals surface area contributed by atoms with E-state index in [2.05, 4.69) is 15.3 Å². The Morgan fingerprint density at radius 1 is 1.25 bits per heavy atom. The third kappa shape index (κ3) is 4.47. The van der Waals surface area contributed by atoms with Crippen LogP contribution >= 0.6 is 11.8 Å². The maximum Gasteiger partial charge on any atom is 0.233 e. The summed E-state index contributed by atoms with van der Waals surface area (Å²) in [7, 11) is 0. The number of aromatic nitrogens is 2. The molecule has 0 bridgehead atoms. The number of carbonyl (C=O) groups is 1. The van der Waals surface area contributed by atoms with Crippen molar-refractivity contribution in [2.24, 2.45) is 0 Å². The Bertz CT molecular complexity index is 452. The zero-order chi connectivity index (χ0) is 14.5. The lowest BCUT2D eigenvalue weighted by atomic mass is 9.95. The van der Waals surface area contributed by atoms with E-state index < -0.39 is 0 Å². The molecule has 1 saturated carbocycles. The fraction of sp³-hybridized carbons (Fsp3) is 0.667. The van der Waals surface area contributed by atoms with Crippen molar-refractivity contribution in [1.82, 2.24) is 15.3 Å². The lowest BCUT2D eigenvalue weighted by Crippen LogP contribution is -2.40. The number of nitrogens with zero attached hydrogens (tertiary/aromatic N) is 2. The highest BCUT2D eigenvalue weighted by molar-refractivity contribution is 8.00. The quantitative estimate of drug-likeness (QED) is 0.685. The predicted molar refractivity (Wildman–Crippen MR) is 81.8 cm³/mol. The van der Waals surface area contributed by atoms with Gasteiger partial charge < -0.3 is 5.32 Å². The van der Waals surface area contributed by atoms with E-state index in [0.717, 1.165) is 24.2 Å². The molecule has 1 N–H and O–H groups in total. The van der Waals surface area contributed by atoms with Gasteiger partial charge in [0.1, 0.15) is 0 Å². The summed E-state index contributed by atoms with van der Waals surface area (Å²) in [5, 5.41) is 3.69. The fourth-order valence-electron chi connectivity index (χ4n) is 2.52. The molecular weight excluding hydrogens is 270 g/mol. The molecule has 4 nitrogen and oxygen atoms in total. The fourth-order valence-corrected chi connectivity index (χ4v) is 3.41. The Morgan fingerprint density at radius 2 is 1.85 bits per heavy atom. The van der Waals surface area contributed by atoms with Crippen LogP contribution in [0.2, 0.25) is 0 Å². The summed E-state index contributed by atoms with van der Waals surface area (Å²) in [6.45, 7) is 5.82. The van der Waals surface area contributed by atoms with Gasteiger partial charge in [0.2, 0.25) is 5.91 Å². The lowest BCUT2D eigenvalue weighted by molar-refractivity contribution is -0.121. The van der Waals surface area contributed by atoms with Crippen LogP contribution in [0.4, 0.5) is 0 Å². The summed E-state index contributed by atoms with van der Waals surface area (Å²) in [4.78, 5) is 20.9. The van der Waals surface area contributed by atoms with Crippen LogP contribution in [0.25, 0.3) is 0 Å². The number of amides is 1. The van der Waals surface area contributed by atoms with Gasteiger partial charge in [-0.25, -0.2) is 9.97 Å². The highest BCUT2D eigenvalue weighted by Gasteiger charge is 2.21. The monoisotopic (exact) mass is 293 g/mol. The summed E-state index contributed by atoms with van der Waals surface area (Å²) in [6.07, 6.45) is 5.98. The van der Waals surface area contributed by atoms with Gasteiger partial charge in [-0.15, -0.1) is 0 Å². The molecule has 2 rings (SSSR count). The molecule has 0 spiro atoms. The molecular formula is C15H23N3OS. The van der Waals surface area contributed by atoms with Crippen molar-refractivity contribution in [3.8, 4) is 0 Å². The number of rotatable bonds is 4. The number of thioether (sulfide) groups is 1. The molecule has 1 aliphatic rings. The first-order chi connectivity index (χ1) is 9.54. The third-order valence-corrected chi connectivity index (χ3v) is 4.53. The molecule has 20 heavy (non-hydrogen) atoms. The Morgan fingerprint density at radius 3 is 2.45 bits per heavy atom. The van der Waals surface area contributed by atoms with E-state index in [-0.39, 0.29) is 11.2 Å². The molecule has 0 radical (unpaired) electrons. The van der Waals surface area contributed by atoms with Crippen LogP contribution in [-0.2, 0) is 4.79 Å². The normalized spacial score (nSPS) is 17.8. The first-order valence-corrected chi connectivity index (χ1v) is 8.22. The van der Waals surface area contributed by atoms with Gasteiger partial charge in [0.15, 0.2) is 5.16 Å². The average molecular weight is 293 g/mol. The molecule has 5 heteroatoms. The topological polar surface area (TPSA) is 54.9 Å². The summed E-state index contributed by atoms with van der Waals surface area (Å²) in [6, 6.07) is 2.30. The van der Waals surface area contributed by atoms with E-state index in [1.165, 1.54) is 31.0 Å². The van der Waals surface area contributed by atoms with Gasteiger partial charge in [-0.05, 0) is 39.7 Å². The maximum absolute atomic E-state index is 12.2. The molecule has 1 aliphatic carbocycles. The minimum absolute atomic E-state index is 0.102. The standard InChI is InChI=1S/C15H23N3OS/c1-10-9-11(2)17-15(16-10)20-12(3)14(19)18-13-7-5-4-6-8-13/h9,12-13H,4-8H2,1-3H3,(H,18,19). The predicted octanol–water partition coefficient (Wildman–Crippen LogP) is 3.02. The molecule has 1 heterocycles. The van der Waals surface area contributed by atoms with Crippen molar-refractivity contribution < 1.29 is 4.79 Å². The molecule has 1 aromatic heterocycles. The molecule has 0 saturated heterocycles. The van der Waals surface area contributed by atoms with Crippen molar-refractivity contribution in [3.05, 3.63) is 17.5 Å². The molecule has 1 fully saturated rings. The molecule has 1 aromatic rings. The van der Waals surface area contributed by atoms with Crippen LogP contribution in [0.5, 0.6) is 0 Å². The minimum atomic E-state index is -0.155. The molecule has 110 valence electrons. The number of nitrogens with one attached hydrogen (secondary N) is 1. The summed E-state index contributed by atoms with van der Waals surface area (Å²) < 4.78 is 0. The first-order valence-electron chi connectivity index (χ1n) is 7.34. The Balaban J connectivity index is 1.89. The molecule has 0 aromatic carbocycles. The van der Waals surface area contributed by atoms with Crippen LogP contribution in [0.15, 0.2) is 11.2 Å². The Labute approximate surface area is 125 Å². The number of hydrogen-bond acceptors (Lipinski definition) is 4. The van der Waals surface area contributed by atoms with Crippen molar-refractivity contribution in [2.75, 3.05) is 0 Å². The van der Waals surface area contributed by atoms with Crippen molar-refractivity contribution in [1.29, 1.82) is 0 Å². The van der Waals surface area contributed by atoms with Gasteiger partial charge in [-0.1, -0.05) is 31.0 Å². The van der Waals surface area contributed by atoms with Crippen LogP contribution in [0.1, 0.15) is 50.4 Å². The highest BCUT2D eigenvalue weighted by Crippen LogP contribution is 2.22. The highest BCUT2D eigenvalue weighted by atomic mass is 32.2. The van der Waals surface area contributed by atoms with Gasteiger partial charge in [0.25, 0.3) is 0 Å². The second-order valence-electron chi connectivity index (χ2n) is 5.54. The van der Waals surface area contributed by atoms with Crippen LogP contribution in [0, 0.1) is 13.8 Å². The zero-order valence-electron chi connectivity index (χ0n) is 12.5. The lowest BCUT2D eigenvalue weighted by Gasteiger charge is -2.24. The van der Waals surface area contributed by atoms with E-state index in [0.29, 0.717) is 11.2 Å².